The van der Waals surface area contributed by atoms with Crippen LogP contribution in [0.2, 0.25) is 0 Å². The summed E-state index contributed by atoms with van der Waals surface area (Å²) >= 11 is 0. The van der Waals surface area contributed by atoms with Crippen LogP contribution in [0.1, 0.15) is 51.7 Å². The van der Waals surface area contributed by atoms with Gasteiger partial charge in [-0.15, -0.1) is 0 Å². The molecular weight excluding hydrogens is 264 g/mol. The van der Waals surface area contributed by atoms with E-state index >= 15 is 0 Å². The smallest absolute Gasteiger partial charge is 0.155 e. The van der Waals surface area contributed by atoms with Gasteiger partial charge in [-0.1, -0.05) is 49.2 Å². The Kier molecular flexibility index (Phi) is 16.0. The van der Waals surface area contributed by atoms with E-state index in [1.54, 1.807) is 6.92 Å². The van der Waals surface area contributed by atoms with E-state index in [4.69, 9.17) is 9.84 Å². The second-order valence-electron chi connectivity index (χ2n) is 5.17. The van der Waals surface area contributed by atoms with Crippen molar-refractivity contribution in [3.05, 3.63) is 35.4 Å². The molecule has 1 rings (SSSR count). The topological polar surface area (TPSA) is 46.5 Å². The van der Waals surface area contributed by atoms with Crippen molar-refractivity contribution >= 4 is 5.78 Å². The lowest BCUT2D eigenvalue weighted by molar-refractivity contribution is -0.121. The van der Waals surface area contributed by atoms with Crippen molar-refractivity contribution in [3.8, 4) is 0 Å². The molecule has 0 aromatic heterocycles. The molecule has 3 heteroatoms. The molecule has 0 aliphatic heterocycles. The maximum absolute atomic E-state index is 10.2. The van der Waals surface area contributed by atoms with Crippen molar-refractivity contribution in [1.82, 2.24) is 0 Å². The highest BCUT2D eigenvalue weighted by atomic mass is 16.5. The maximum atomic E-state index is 10.2. The molecule has 1 atom stereocenters. The Labute approximate surface area is 130 Å². The second-order valence-corrected chi connectivity index (χ2v) is 5.17. The number of ether oxygens (including phenoxy) is 1. The van der Waals surface area contributed by atoms with Crippen LogP contribution >= 0.6 is 0 Å². The third-order valence-corrected chi connectivity index (χ3v) is 2.46. The van der Waals surface area contributed by atoms with Gasteiger partial charge in [0.05, 0.1) is 6.10 Å². The van der Waals surface area contributed by atoms with Crippen molar-refractivity contribution in [1.29, 1.82) is 0 Å². The number of carbonyl (C=O) groups is 1. The summed E-state index contributed by atoms with van der Waals surface area (Å²) in [5.41, 5.74) is 2.66. The minimum absolute atomic E-state index is 0.0958. The first-order valence-corrected chi connectivity index (χ1v) is 7.61. The van der Waals surface area contributed by atoms with Crippen molar-refractivity contribution < 1.29 is 14.6 Å². The van der Waals surface area contributed by atoms with Crippen molar-refractivity contribution in [2.24, 2.45) is 0 Å². The zero-order chi connectivity index (χ0) is 16.7. The Balaban J connectivity index is 0. The van der Waals surface area contributed by atoms with Crippen LogP contribution in [0.5, 0.6) is 0 Å². The molecule has 0 saturated heterocycles. The third-order valence-electron chi connectivity index (χ3n) is 2.46. The Hall–Kier alpha value is -1.19. The van der Waals surface area contributed by atoms with Gasteiger partial charge in [0.15, 0.2) is 5.78 Å². The number of aryl methyl sites for hydroxylation is 2. The van der Waals surface area contributed by atoms with E-state index in [9.17, 15) is 4.79 Å². The van der Waals surface area contributed by atoms with E-state index in [2.05, 4.69) is 38.1 Å². The molecule has 0 aliphatic carbocycles. The number of benzene rings is 1. The molecule has 0 bridgehead atoms. The van der Waals surface area contributed by atoms with Gasteiger partial charge >= 0.3 is 0 Å². The molecule has 21 heavy (non-hydrogen) atoms. The number of carbonyl (C=O) groups excluding carboxylic acids is 1. The first-order valence-electron chi connectivity index (χ1n) is 7.61. The molecule has 0 heterocycles. The molecule has 0 aliphatic rings. The first kappa shape index (κ1) is 22.1. The lowest BCUT2D eigenvalue weighted by Crippen LogP contribution is -2.03. The summed E-state index contributed by atoms with van der Waals surface area (Å²) in [6.45, 7) is 12.4. The van der Waals surface area contributed by atoms with Crippen LogP contribution in [-0.4, -0.2) is 30.2 Å². The quantitative estimate of drug-likeness (QED) is 0.833. The number of hydrogen-bond donors (Lipinski definition) is 1. The number of hydrogen-bond acceptors (Lipinski definition) is 3. The summed E-state index contributed by atoms with van der Waals surface area (Å²) in [7, 11) is 0. The molecule has 122 valence electrons. The van der Waals surface area contributed by atoms with Crippen LogP contribution in [0.15, 0.2) is 24.3 Å². The predicted molar refractivity (Wildman–Crippen MR) is 89.7 cm³/mol. The fourth-order valence-electron chi connectivity index (χ4n) is 0.997. The zero-order valence-corrected chi connectivity index (χ0v) is 14.5. The van der Waals surface area contributed by atoms with Gasteiger partial charge in [-0.25, -0.2) is 0 Å². The number of rotatable bonds is 5. The fourth-order valence-corrected chi connectivity index (χ4v) is 0.997. The Morgan fingerprint density at radius 1 is 1.14 bits per heavy atom. The lowest BCUT2D eigenvalue weighted by Gasteiger charge is -1.95. The predicted octanol–water partition coefficient (Wildman–Crippen LogP) is 4.08. The molecule has 0 saturated carbocycles. The molecule has 0 amide bonds. The number of aliphatic hydroxyl groups excluding tert-OH is 1. The zero-order valence-electron chi connectivity index (χ0n) is 14.5. The minimum Gasteiger partial charge on any atom is -0.393 e. The molecule has 3 nitrogen and oxygen atoms in total. The maximum Gasteiger partial charge on any atom is 0.155 e. The van der Waals surface area contributed by atoms with Crippen molar-refractivity contribution in [2.45, 2.75) is 60.5 Å². The summed E-state index contributed by atoms with van der Waals surface area (Å²) in [5.74, 6) is 0.0958. The van der Waals surface area contributed by atoms with E-state index in [0.29, 0.717) is 6.61 Å². The minimum atomic E-state index is -0.116. The van der Waals surface area contributed by atoms with Crippen LogP contribution in [0.4, 0.5) is 0 Å². The lowest BCUT2D eigenvalue weighted by atomic mass is 10.2. The first-order chi connectivity index (χ1) is 9.83. The van der Waals surface area contributed by atoms with E-state index in [1.165, 1.54) is 18.1 Å². The van der Waals surface area contributed by atoms with E-state index in [0.717, 1.165) is 12.8 Å². The van der Waals surface area contributed by atoms with Gasteiger partial charge in [0.1, 0.15) is 6.61 Å². The van der Waals surface area contributed by atoms with Crippen LogP contribution in [0.3, 0.4) is 0 Å². The van der Waals surface area contributed by atoms with E-state index in [-0.39, 0.29) is 18.5 Å². The van der Waals surface area contributed by atoms with Crippen LogP contribution in [0.25, 0.3) is 0 Å². The van der Waals surface area contributed by atoms with Gasteiger partial charge < -0.3 is 9.84 Å². The van der Waals surface area contributed by atoms with Crippen LogP contribution in [-0.2, 0) is 9.53 Å². The second kappa shape index (κ2) is 15.2. The summed E-state index contributed by atoms with van der Waals surface area (Å²) in [6.07, 6.45) is 1.72. The van der Waals surface area contributed by atoms with Gasteiger partial charge in [0, 0.05) is 6.61 Å². The highest BCUT2D eigenvalue weighted by molar-refractivity contribution is 5.76. The summed E-state index contributed by atoms with van der Waals surface area (Å²) in [4.78, 5) is 10.2. The molecule has 1 aromatic rings. The van der Waals surface area contributed by atoms with Crippen LogP contribution < -0.4 is 0 Å². The highest BCUT2D eigenvalue weighted by Crippen LogP contribution is 1.99. The van der Waals surface area contributed by atoms with E-state index < -0.39 is 0 Å². The van der Waals surface area contributed by atoms with Crippen LogP contribution in [0, 0.1) is 13.8 Å². The molecule has 0 fully saturated rings. The van der Waals surface area contributed by atoms with Crippen molar-refractivity contribution in [2.75, 3.05) is 13.2 Å². The largest absolute Gasteiger partial charge is 0.393 e. The van der Waals surface area contributed by atoms with Gasteiger partial charge in [-0.05, 0) is 40.5 Å². The van der Waals surface area contributed by atoms with Gasteiger partial charge in [0.25, 0.3) is 0 Å². The standard InChI is InChI=1S/C8H10.C6H12O2.C4H10O/c1-7-3-5-8(2)6-4-7;1-3-4-8-5-6(2)7;1-3-4(2)5/h3-6H,1-2H3;3-5H2,1-2H3;4-5H,3H2,1-2H3/t;;4-/m..1/s1. The number of ketones is 1. The van der Waals surface area contributed by atoms with Gasteiger partial charge in [0.2, 0.25) is 0 Å². The van der Waals surface area contributed by atoms with Crippen molar-refractivity contribution in [3.63, 3.8) is 0 Å². The number of aliphatic hydroxyl groups is 1. The van der Waals surface area contributed by atoms with Gasteiger partial charge in [-0.2, -0.15) is 0 Å². The summed E-state index contributed by atoms with van der Waals surface area (Å²) < 4.78 is 4.89. The molecular formula is C18H32O3. The molecule has 0 unspecified atom stereocenters. The van der Waals surface area contributed by atoms with Gasteiger partial charge in [-0.3, -0.25) is 4.79 Å². The normalized spacial score (nSPS) is 10.6. The monoisotopic (exact) mass is 296 g/mol. The molecule has 1 aromatic carbocycles. The Morgan fingerprint density at radius 3 is 1.76 bits per heavy atom. The Bertz CT molecular complexity index is 321. The average Bonchev–Trinajstić information content (AvgIpc) is 2.43. The fraction of sp³-hybridized carbons (Fsp3) is 0.611. The molecule has 1 N–H and O–H groups in total. The van der Waals surface area contributed by atoms with E-state index in [1.807, 2.05) is 13.8 Å². The highest BCUT2D eigenvalue weighted by Gasteiger charge is 1.88. The SMILES string of the molecule is CCCOCC(C)=O.CC[C@@H](C)O.Cc1ccc(C)cc1. The summed E-state index contributed by atoms with van der Waals surface area (Å²) in [5, 5.41) is 8.36. The Morgan fingerprint density at radius 2 is 1.52 bits per heavy atom. The summed E-state index contributed by atoms with van der Waals surface area (Å²) in [6, 6.07) is 8.48. The molecule has 0 spiro atoms. The molecule has 0 radical (unpaired) electrons. The third kappa shape index (κ3) is 21.3. The average molecular weight is 296 g/mol. The number of Topliss-reactive ketones (excluding diaryl/α,β-unsaturated/α-hetero) is 1.